The van der Waals surface area contributed by atoms with Gasteiger partial charge in [-0.2, -0.15) is 0 Å². The summed E-state index contributed by atoms with van der Waals surface area (Å²) >= 11 is 1.98. The normalized spacial score (nSPS) is 17.8. The summed E-state index contributed by atoms with van der Waals surface area (Å²) in [7, 11) is 0. The number of thiophene rings is 1. The minimum absolute atomic E-state index is 0.183. The minimum atomic E-state index is -0.246. The van der Waals surface area contributed by atoms with Crippen LogP contribution in [0.3, 0.4) is 0 Å². The van der Waals surface area contributed by atoms with Gasteiger partial charge >= 0.3 is 0 Å². The van der Waals surface area contributed by atoms with Gasteiger partial charge in [0.05, 0.1) is 0 Å². The molecule has 2 aliphatic heterocycles. The number of likely N-dealkylation sites (tertiary alicyclic amines) is 1. The second-order valence-electron chi connectivity index (χ2n) is 9.15. The number of rotatable bonds is 5. The molecule has 1 fully saturated rings. The molecule has 5 rings (SSSR count). The van der Waals surface area contributed by atoms with Crippen LogP contribution in [0.25, 0.3) is 11.0 Å². The zero-order valence-corrected chi connectivity index (χ0v) is 19.8. The molecule has 4 heterocycles. The number of benzene rings is 1. The van der Waals surface area contributed by atoms with Gasteiger partial charge in [-0.25, -0.2) is 4.39 Å². The summed E-state index contributed by atoms with van der Waals surface area (Å²) in [6, 6.07) is 6.86. The summed E-state index contributed by atoms with van der Waals surface area (Å²) in [4.78, 5) is 19.4. The Morgan fingerprint density at radius 3 is 2.78 bits per heavy atom. The lowest BCUT2D eigenvalue weighted by Gasteiger charge is -2.31. The third kappa shape index (κ3) is 4.23. The third-order valence-corrected chi connectivity index (χ3v) is 8.58. The van der Waals surface area contributed by atoms with Gasteiger partial charge in [0.1, 0.15) is 17.2 Å². The summed E-state index contributed by atoms with van der Waals surface area (Å²) < 4.78 is 19.4. The molecule has 32 heavy (non-hydrogen) atoms. The van der Waals surface area contributed by atoms with Crippen molar-refractivity contribution in [1.29, 1.82) is 0 Å². The molecule has 2 aliphatic rings. The van der Waals surface area contributed by atoms with Crippen molar-refractivity contribution in [2.75, 3.05) is 26.2 Å². The van der Waals surface area contributed by atoms with Gasteiger partial charge in [0.15, 0.2) is 0 Å². The maximum Gasteiger partial charge on any atom is 0.219 e. The molecule has 6 heteroatoms. The van der Waals surface area contributed by atoms with Crippen molar-refractivity contribution in [3.63, 3.8) is 0 Å². The Morgan fingerprint density at radius 2 is 2.03 bits per heavy atom. The van der Waals surface area contributed by atoms with Gasteiger partial charge in [0.2, 0.25) is 5.91 Å². The Labute approximate surface area is 193 Å². The molecule has 0 atom stereocenters. The first-order chi connectivity index (χ1) is 15.5. The largest absolute Gasteiger partial charge is 0.461 e. The lowest BCUT2D eigenvalue weighted by atomic mass is 9.94. The van der Waals surface area contributed by atoms with Gasteiger partial charge < -0.3 is 14.2 Å². The number of amides is 1. The lowest BCUT2D eigenvalue weighted by molar-refractivity contribution is -0.129. The maximum atomic E-state index is 13.5. The molecular formula is C26H31FN2O2S. The molecule has 0 aliphatic carbocycles. The zero-order chi connectivity index (χ0) is 22.2. The molecule has 0 spiro atoms. The van der Waals surface area contributed by atoms with E-state index in [-0.39, 0.29) is 11.7 Å². The predicted octanol–water partition coefficient (Wildman–Crippen LogP) is 5.52. The number of hydrogen-bond acceptors (Lipinski definition) is 4. The molecule has 170 valence electrons. The van der Waals surface area contributed by atoms with Crippen LogP contribution in [0.5, 0.6) is 0 Å². The molecule has 0 radical (unpaired) electrons. The molecule has 1 aromatic carbocycles. The second kappa shape index (κ2) is 8.99. The van der Waals surface area contributed by atoms with Gasteiger partial charge in [0.25, 0.3) is 0 Å². The van der Waals surface area contributed by atoms with Crippen LogP contribution >= 0.6 is 11.3 Å². The van der Waals surface area contributed by atoms with Gasteiger partial charge in [-0.1, -0.05) is 6.92 Å². The summed E-state index contributed by atoms with van der Waals surface area (Å²) in [6.45, 7) is 8.78. The number of carbonyl (C=O) groups excluding carboxylic acids is 1. The first kappa shape index (κ1) is 21.7. The molecule has 2 aromatic heterocycles. The Morgan fingerprint density at radius 1 is 1.22 bits per heavy atom. The van der Waals surface area contributed by atoms with Crippen molar-refractivity contribution in [2.24, 2.45) is 0 Å². The van der Waals surface area contributed by atoms with E-state index in [4.69, 9.17) is 4.42 Å². The Hall–Kier alpha value is -2.18. The molecule has 4 nitrogen and oxygen atoms in total. The zero-order valence-electron chi connectivity index (χ0n) is 19.0. The number of halogens is 1. The van der Waals surface area contributed by atoms with E-state index in [0.29, 0.717) is 11.5 Å². The average Bonchev–Trinajstić information content (AvgIpc) is 3.37. The van der Waals surface area contributed by atoms with Crippen LogP contribution in [0.15, 0.2) is 28.7 Å². The smallest absolute Gasteiger partial charge is 0.219 e. The molecule has 0 bridgehead atoms. The first-order valence-electron chi connectivity index (χ1n) is 11.8. The number of piperidine rings is 1. The second-order valence-corrected chi connectivity index (χ2v) is 10.3. The highest BCUT2D eigenvalue weighted by Gasteiger charge is 2.26. The maximum absolute atomic E-state index is 13.5. The molecule has 1 amide bonds. The van der Waals surface area contributed by atoms with Crippen LogP contribution in [-0.2, 0) is 30.6 Å². The van der Waals surface area contributed by atoms with E-state index >= 15 is 0 Å². The molecule has 1 saturated heterocycles. The fourth-order valence-electron chi connectivity index (χ4n) is 5.31. The minimum Gasteiger partial charge on any atom is -0.461 e. The molecular weight excluding hydrogens is 423 g/mol. The average molecular weight is 455 g/mol. The number of fused-ring (bicyclic) bond motifs is 2. The van der Waals surface area contributed by atoms with Crippen molar-refractivity contribution >= 4 is 28.2 Å². The number of furan rings is 1. The standard InChI is InChI=1S/C26H31FN2O2S/c1-3-21-22-16-29(17(2)30)13-9-26(22)32-25(21)8-12-28-10-6-18(7-11-28)23-14-19-4-5-20(27)15-24(19)31-23/h4-5,14-15,18H,3,6-13,16H2,1-2H3. The topological polar surface area (TPSA) is 36.7 Å². The quantitative estimate of drug-likeness (QED) is 0.509. The third-order valence-electron chi connectivity index (χ3n) is 7.19. The van der Waals surface area contributed by atoms with E-state index < -0.39 is 0 Å². The van der Waals surface area contributed by atoms with Crippen molar-refractivity contribution in [3.05, 3.63) is 56.7 Å². The SMILES string of the molecule is CCc1c(CCN2CCC(c3cc4ccc(F)cc4o3)CC2)sc2c1CN(C(C)=O)CC2. The molecule has 0 N–H and O–H groups in total. The number of nitrogens with zero attached hydrogens (tertiary/aromatic N) is 2. The fourth-order valence-corrected chi connectivity index (χ4v) is 6.69. The summed E-state index contributed by atoms with van der Waals surface area (Å²) in [6.07, 6.45) is 5.30. The van der Waals surface area contributed by atoms with Crippen molar-refractivity contribution in [3.8, 4) is 0 Å². The van der Waals surface area contributed by atoms with Crippen LogP contribution in [-0.4, -0.2) is 41.9 Å². The highest BCUT2D eigenvalue weighted by Crippen LogP contribution is 2.35. The molecule has 0 saturated carbocycles. The van der Waals surface area contributed by atoms with Gasteiger partial charge in [-0.05, 0) is 74.5 Å². The van der Waals surface area contributed by atoms with Gasteiger partial charge in [0, 0.05) is 53.7 Å². The van der Waals surface area contributed by atoms with Gasteiger partial charge in [-0.3, -0.25) is 4.79 Å². The summed E-state index contributed by atoms with van der Waals surface area (Å²) in [5.41, 5.74) is 3.56. The Kier molecular flexibility index (Phi) is 6.08. The highest BCUT2D eigenvalue weighted by molar-refractivity contribution is 7.12. The van der Waals surface area contributed by atoms with Crippen LogP contribution in [0.2, 0.25) is 0 Å². The predicted molar refractivity (Wildman–Crippen MR) is 127 cm³/mol. The first-order valence-corrected chi connectivity index (χ1v) is 12.6. The Bertz CT molecular complexity index is 1130. The lowest BCUT2D eigenvalue weighted by Crippen LogP contribution is -2.34. The van der Waals surface area contributed by atoms with E-state index in [1.165, 1.54) is 33.0 Å². The fraction of sp³-hybridized carbons (Fsp3) is 0.500. The highest BCUT2D eigenvalue weighted by atomic mass is 32.1. The number of carbonyl (C=O) groups is 1. The van der Waals surface area contributed by atoms with E-state index in [0.717, 1.165) is 76.0 Å². The van der Waals surface area contributed by atoms with Crippen molar-refractivity contribution in [2.45, 2.75) is 58.4 Å². The van der Waals surface area contributed by atoms with Crippen molar-refractivity contribution < 1.29 is 13.6 Å². The monoisotopic (exact) mass is 454 g/mol. The van der Waals surface area contributed by atoms with E-state index in [1.54, 1.807) is 13.0 Å². The molecule has 0 unspecified atom stereocenters. The van der Waals surface area contributed by atoms with Crippen LogP contribution in [0.4, 0.5) is 4.39 Å². The summed E-state index contributed by atoms with van der Waals surface area (Å²) in [5, 5.41) is 0.987. The summed E-state index contributed by atoms with van der Waals surface area (Å²) in [5.74, 6) is 1.35. The Balaban J connectivity index is 1.19. The molecule has 3 aromatic rings. The van der Waals surface area contributed by atoms with Gasteiger partial charge in [-0.15, -0.1) is 11.3 Å². The van der Waals surface area contributed by atoms with Crippen LogP contribution in [0, 0.1) is 5.82 Å². The van der Waals surface area contributed by atoms with Crippen LogP contribution < -0.4 is 0 Å². The van der Waals surface area contributed by atoms with Crippen LogP contribution in [0.1, 0.15) is 59.2 Å². The van der Waals surface area contributed by atoms with E-state index in [9.17, 15) is 9.18 Å². The number of hydrogen-bond donors (Lipinski definition) is 0. The van der Waals surface area contributed by atoms with Crippen molar-refractivity contribution in [1.82, 2.24) is 9.80 Å². The van der Waals surface area contributed by atoms with E-state index in [1.807, 2.05) is 16.2 Å². The van der Waals surface area contributed by atoms with E-state index in [2.05, 4.69) is 17.9 Å².